The van der Waals surface area contributed by atoms with E-state index in [1.165, 1.54) is 76.3 Å². The van der Waals surface area contributed by atoms with E-state index in [4.69, 9.17) is 4.74 Å². The van der Waals surface area contributed by atoms with Gasteiger partial charge in [0, 0.05) is 18.0 Å². The van der Waals surface area contributed by atoms with Crippen molar-refractivity contribution in [3.63, 3.8) is 0 Å². The molecule has 0 unspecified atom stereocenters. The van der Waals surface area contributed by atoms with E-state index in [2.05, 4.69) is 23.8 Å². The van der Waals surface area contributed by atoms with E-state index < -0.39 is 11.8 Å². The quantitative estimate of drug-likeness (QED) is 0.182. The second-order valence-corrected chi connectivity index (χ2v) is 10.5. The molecule has 5 heteroatoms. The molecule has 198 valence electrons. The summed E-state index contributed by atoms with van der Waals surface area (Å²) in [6.45, 7) is 4.45. The number of nitrogens with zero attached hydrogens (tertiary/aromatic N) is 2. The minimum Gasteiger partial charge on any atom is -0.459 e. The van der Waals surface area contributed by atoms with Gasteiger partial charge >= 0.3 is 5.97 Å². The van der Waals surface area contributed by atoms with Crippen molar-refractivity contribution in [1.82, 2.24) is 9.97 Å². The molecular formula is C31H45FN2O2. The van der Waals surface area contributed by atoms with Gasteiger partial charge in [0.1, 0.15) is 11.9 Å². The van der Waals surface area contributed by atoms with Gasteiger partial charge in [-0.1, -0.05) is 84.1 Å². The summed E-state index contributed by atoms with van der Waals surface area (Å²) in [7, 11) is 0. The Labute approximate surface area is 217 Å². The maximum absolute atomic E-state index is 14.8. The van der Waals surface area contributed by atoms with E-state index in [0.717, 1.165) is 50.0 Å². The SMILES string of the molecule is CCCCCCCC[C@H]1CC[C@H](OC(=O)c2ccc(-c3ncc(CCCCCC)cn3)cc2F)CC1. The molecule has 2 aromatic rings. The lowest BCUT2D eigenvalue weighted by molar-refractivity contribution is 0.0156. The molecule has 1 aromatic carbocycles. The first-order valence-electron chi connectivity index (χ1n) is 14.4. The van der Waals surface area contributed by atoms with E-state index in [0.29, 0.717) is 11.4 Å². The van der Waals surface area contributed by atoms with Crippen molar-refractivity contribution in [1.29, 1.82) is 0 Å². The highest BCUT2D eigenvalue weighted by molar-refractivity contribution is 5.90. The summed E-state index contributed by atoms with van der Waals surface area (Å²) in [5.74, 6) is 0.0583. The fraction of sp³-hybridized carbons (Fsp3) is 0.645. The first-order chi connectivity index (χ1) is 17.6. The van der Waals surface area contributed by atoms with Crippen LogP contribution < -0.4 is 0 Å². The summed E-state index contributed by atoms with van der Waals surface area (Å²) in [5.41, 5.74) is 1.65. The van der Waals surface area contributed by atoms with E-state index >= 15 is 0 Å². The van der Waals surface area contributed by atoms with Gasteiger partial charge in [-0.3, -0.25) is 0 Å². The highest BCUT2D eigenvalue weighted by Gasteiger charge is 2.25. The normalized spacial score (nSPS) is 17.8. The molecule has 0 N–H and O–H groups in total. The summed E-state index contributed by atoms with van der Waals surface area (Å²) in [6, 6.07) is 4.54. The third kappa shape index (κ3) is 9.29. The zero-order chi connectivity index (χ0) is 25.6. The topological polar surface area (TPSA) is 52.1 Å². The molecule has 1 saturated carbocycles. The van der Waals surface area contributed by atoms with Crippen LogP contribution in [0.4, 0.5) is 4.39 Å². The predicted octanol–water partition coefficient (Wildman–Crippen LogP) is 8.87. The maximum atomic E-state index is 14.8. The fourth-order valence-corrected chi connectivity index (χ4v) is 5.18. The van der Waals surface area contributed by atoms with Gasteiger partial charge in [-0.15, -0.1) is 0 Å². The van der Waals surface area contributed by atoms with Gasteiger partial charge in [0.25, 0.3) is 0 Å². The smallest absolute Gasteiger partial charge is 0.341 e. The first kappa shape index (κ1) is 28.3. The van der Waals surface area contributed by atoms with Crippen LogP contribution in [0.15, 0.2) is 30.6 Å². The predicted molar refractivity (Wildman–Crippen MR) is 144 cm³/mol. The molecule has 0 saturated heterocycles. The molecule has 0 spiro atoms. The van der Waals surface area contributed by atoms with Gasteiger partial charge in [0.15, 0.2) is 5.82 Å². The molecule has 0 amide bonds. The van der Waals surface area contributed by atoms with Crippen LogP contribution in [0, 0.1) is 11.7 Å². The number of carbonyl (C=O) groups excluding carboxylic acids is 1. The summed E-state index contributed by atoms with van der Waals surface area (Å²) < 4.78 is 20.5. The largest absolute Gasteiger partial charge is 0.459 e. The monoisotopic (exact) mass is 496 g/mol. The van der Waals surface area contributed by atoms with E-state index in [-0.39, 0.29) is 11.7 Å². The van der Waals surface area contributed by atoms with Crippen molar-refractivity contribution in [3.8, 4) is 11.4 Å². The average Bonchev–Trinajstić information content (AvgIpc) is 2.90. The number of benzene rings is 1. The minimum atomic E-state index is -0.582. The van der Waals surface area contributed by atoms with Crippen LogP contribution in [0.3, 0.4) is 0 Å². The van der Waals surface area contributed by atoms with Crippen LogP contribution in [0.25, 0.3) is 11.4 Å². The van der Waals surface area contributed by atoms with Gasteiger partial charge in [0.2, 0.25) is 0 Å². The van der Waals surface area contributed by atoms with Crippen LogP contribution >= 0.6 is 0 Å². The second kappa shape index (κ2) is 15.7. The van der Waals surface area contributed by atoms with Gasteiger partial charge in [0.05, 0.1) is 5.56 Å². The highest BCUT2D eigenvalue weighted by Crippen LogP contribution is 2.31. The summed E-state index contributed by atoms with van der Waals surface area (Å²) in [5, 5.41) is 0. The maximum Gasteiger partial charge on any atom is 0.341 e. The number of aromatic nitrogens is 2. The van der Waals surface area contributed by atoms with Crippen molar-refractivity contribution in [2.24, 2.45) is 5.92 Å². The molecule has 3 rings (SSSR count). The lowest BCUT2D eigenvalue weighted by Gasteiger charge is -2.28. The number of ether oxygens (including phenoxy) is 1. The standard InChI is InChI=1S/C31H45FN2O2/c1-3-5-7-9-10-12-13-24-15-18-27(19-16-24)36-31(35)28-20-17-26(21-29(28)32)30-33-22-25(23-34-30)14-11-8-6-4-2/h17,20-24,27H,3-16,18-19H2,1-2H3/t24-,27-. The van der Waals surface area contributed by atoms with Crippen LogP contribution in [0.1, 0.15) is 126 Å². The van der Waals surface area contributed by atoms with E-state index in [1.807, 2.05) is 12.4 Å². The third-order valence-electron chi connectivity index (χ3n) is 7.50. The Balaban J connectivity index is 1.43. The fourth-order valence-electron chi connectivity index (χ4n) is 5.18. The zero-order valence-corrected chi connectivity index (χ0v) is 22.4. The van der Waals surface area contributed by atoms with E-state index in [1.54, 1.807) is 6.07 Å². The number of unbranched alkanes of at least 4 members (excludes halogenated alkanes) is 8. The summed E-state index contributed by atoms with van der Waals surface area (Å²) in [4.78, 5) is 21.5. The van der Waals surface area contributed by atoms with Crippen LogP contribution in [0.5, 0.6) is 0 Å². The van der Waals surface area contributed by atoms with Crippen LogP contribution in [-0.4, -0.2) is 22.0 Å². The summed E-state index contributed by atoms with van der Waals surface area (Å²) >= 11 is 0. The van der Waals surface area contributed by atoms with Crippen molar-refractivity contribution < 1.29 is 13.9 Å². The highest BCUT2D eigenvalue weighted by atomic mass is 19.1. The molecule has 36 heavy (non-hydrogen) atoms. The Kier molecular flexibility index (Phi) is 12.4. The number of halogens is 1. The minimum absolute atomic E-state index is 0.0134. The Hall–Kier alpha value is -2.30. The molecule has 0 atom stereocenters. The van der Waals surface area contributed by atoms with E-state index in [9.17, 15) is 9.18 Å². The van der Waals surface area contributed by atoms with Crippen LogP contribution in [-0.2, 0) is 11.2 Å². The Morgan fingerprint density at radius 3 is 2.19 bits per heavy atom. The Morgan fingerprint density at radius 1 is 0.889 bits per heavy atom. The summed E-state index contributed by atoms with van der Waals surface area (Å²) in [6.07, 6.45) is 22.5. The third-order valence-corrected chi connectivity index (χ3v) is 7.50. The Bertz CT molecular complexity index is 907. The first-order valence-corrected chi connectivity index (χ1v) is 14.4. The number of rotatable bonds is 15. The number of esters is 1. The molecule has 1 heterocycles. The lowest BCUT2D eigenvalue weighted by atomic mass is 9.84. The van der Waals surface area contributed by atoms with Crippen molar-refractivity contribution in [2.75, 3.05) is 0 Å². The zero-order valence-electron chi connectivity index (χ0n) is 22.4. The molecule has 0 aliphatic heterocycles. The molecule has 0 radical (unpaired) electrons. The molecule has 1 aliphatic rings. The number of hydrogen-bond donors (Lipinski definition) is 0. The molecule has 1 aliphatic carbocycles. The van der Waals surface area contributed by atoms with Crippen LogP contribution in [0.2, 0.25) is 0 Å². The van der Waals surface area contributed by atoms with Crippen molar-refractivity contribution >= 4 is 5.97 Å². The number of hydrogen-bond acceptors (Lipinski definition) is 4. The van der Waals surface area contributed by atoms with Gasteiger partial charge in [-0.25, -0.2) is 19.2 Å². The molecule has 4 nitrogen and oxygen atoms in total. The van der Waals surface area contributed by atoms with Crippen molar-refractivity contribution in [3.05, 3.63) is 47.5 Å². The Morgan fingerprint density at radius 2 is 1.53 bits per heavy atom. The molecule has 0 bridgehead atoms. The average molecular weight is 497 g/mol. The molecule has 1 aromatic heterocycles. The second-order valence-electron chi connectivity index (χ2n) is 10.5. The number of aryl methyl sites for hydroxylation is 1. The van der Waals surface area contributed by atoms with Gasteiger partial charge in [-0.05, 0) is 62.1 Å². The number of carbonyl (C=O) groups is 1. The van der Waals surface area contributed by atoms with Crippen molar-refractivity contribution in [2.45, 2.75) is 123 Å². The lowest BCUT2D eigenvalue weighted by Crippen LogP contribution is -2.25. The molecular weight excluding hydrogens is 451 g/mol. The van der Waals surface area contributed by atoms with Gasteiger partial charge < -0.3 is 4.74 Å². The van der Waals surface area contributed by atoms with Gasteiger partial charge in [-0.2, -0.15) is 0 Å². The molecule has 1 fully saturated rings.